The minimum Gasteiger partial charge on any atom is -0.376 e. The molecule has 0 aromatic heterocycles. The fraction of sp³-hybridized carbons (Fsp3) is 0.909. The molecule has 2 fully saturated rings. The lowest BCUT2D eigenvalue weighted by Crippen LogP contribution is -2.44. The Morgan fingerprint density at radius 2 is 2.31 bits per heavy atom. The Balaban J connectivity index is 0.00000128. The molecule has 0 bridgehead atoms. The maximum Gasteiger partial charge on any atom is 0.224 e. The molecule has 0 radical (unpaired) electrons. The Kier molecular flexibility index (Phi) is 5.52. The fourth-order valence-corrected chi connectivity index (χ4v) is 2.31. The Morgan fingerprint density at radius 3 is 2.88 bits per heavy atom. The molecule has 2 rings (SSSR count). The van der Waals surface area contributed by atoms with Crippen LogP contribution >= 0.6 is 12.4 Å². The van der Waals surface area contributed by atoms with Gasteiger partial charge in [0.15, 0.2) is 0 Å². The number of nitrogens with one attached hydrogen (secondary N) is 2. The lowest BCUT2D eigenvalue weighted by atomic mass is 10.1. The van der Waals surface area contributed by atoms with E-state index in [-0.39, 0.29) is 36.4 Å². The van der Waals surface area contributed by atoms with Gasteiger partial charge in [-0.15, -0.1) is 12.4 Å². The summed E-state index contributed by atoms with van der Waals surface area (Å²) in [5, 5.41) is 6.26. The first kappa shape index (κ1) is 13.7. The van der Waals surface area contributed by atoms with Gasteiger partial charge in [-0.05, 0) is 32.7 Å². The number of hydrogen-bond donors (Lipinski definition) is 2. The normalized spacial score (nSPS) is 30.8. The van der Waals surface area contributed by atoms with Gasteiger partial charge in [0.1, 0.15) is 0 Å². The molecular weight excluding hydrogens is 228 g/mol. The summed E-state index contributed by atoms with van der Waals surface area (Å²) in [6.45, 7) is 4.67. The monoisotopic (exact) mass is 248 g/mol. The standard InChI is InChI=1S/C11H20N2O2.ClH/c1-8(10-3-2-6-15-10)13-11(14)9-4-5-12-7-9;/h8-10,12H,2-7H2,1H3,(H,13,14);1H/t8?,9-,10?;/m0./s1. The zero-order valence-electron chi connectivity index (χ0n) is 9.70. The quantitative estimate of drug-likeness (QED) is 0.773. The highest BCUT2D eigenvalue weighted by molar-refractivity contribution is 5.85. The number of rotatable bonds is 3. The average Bonchev–Trinajstić information content (AvgIpc) is 2.91. The molecule has 2 heterocycles. The minimum atomic E-state index is 0. The Hall–Kier alpha value is -0.320. The highest BCUT2D eigenvalue weighted by Crippen LogP contribution is 2.16. The van der Waals surface area contributed by atoms with Crippen LogP contribution < -0.4 is 10.6 Å². The predicted molar refractivity (Wildman–Crippen MR) is 64.8 cm³/mol. The van der Waals surface area contributed by atoms with Crippen molar-refractivity contribution in [2.75, 3.05) is 19.7 Å². The SMILES string of the molecule is CC(NC(=O)[C@H]1CCNC1)C1CCCO1.Cl. The summed E-state index contributed by atoms with van der Waals surface area (Å²) in [6, 6.07) is 0.153. The number of amides is 1. The molecule has 2 aliphatic heterocycles. The molecule has 2 aliphatic rings. The summed E-state index contributed by atoms with van der Waals surface area (Å²) in [5.41, 5.74) is 0. The van der Waals surface area contributed by atoms with E-state index in [1.54, 1.807) is 0 Å². The zero-order valence-corrected chi connectivity index (χ0v) is 10.5. The van der Waals surface area contributed by atoms with Crippen LogP contribution in [0.5, 0.6) is 0 Å². The fourth-order valence-electron chi connectivity index (χ4n) is 2.31. The summed E-state index contributed by atoms with van der Waals surface area (Å²) in [4.78, 5) is 11.8. The van der Waals surface area contributed by atoms with Crippen LogP contribution in [-0.2, 0) is 9.53 Å². The van der Waals surface area contributed by atoms with Crippen LogP contribution in [0, 0.1) is 5.92 Å². The van der Waals surface area contributed by atoms with E-state index in [0.29, 0.717) is 0 Å². The van der Waals surface area contributed by atoms with E-state index in [0.717, 1.165) is 39.0 Å². The first-order valence-corrected chi connectivity index (χ1v) is 5.90. The van der Waals surface area contributed by atoms with Crippen LogP contribution in [0.4, 0.5) is 0 Å². The van der Waals surface area contributed by atoms with Crippen molar-refractivity contribution >= 4 is 18.3 Å². The maximum atomic E-state index is 11.8. The maximum absolute atomic E-state index is 11.8. The third-order valence-electron chi connectivity index (χ3n) is 3.32. The van der Waals surface area contributed by atoms with Gasteiger partial charge in [-0.3, -0.25) is 4.79 Å². The van der Waals surface area contributed by atoms with Crippen molar-refractivity contribution in [2.45, 2.75) is 38.3 Å². The van der Waals surface area contributed by atoms with E-state index in [1.165, 1.54) is 0 Å². The van der Waals surface area contributed by atoms with E-state index in [4.69, 9.17) is 4.74 Å². The van der Waals surface area contributed by atoms with Crippen LogP contribution in [0.2, 0.25) is 0 Å². The molecule has 4 nitrogen and oxygen atoms in total. The van der Waals surface area contributed by atoms with Gasteiger partial charge < -0.3 is 15.4 Å². The van der Waals surface area contributed by atoms with Crippen molar-refractivity contribution in [3.63, 3.8) is 0 Å². The van der Waals surface area contributed by atoms with Crippen LogP contribution in [0.15, 0.2) is 0 Å². The number of hydrogen-bond acceptors (Lipinski definition) is 3. The van der Waals surface area contributed by atoms with Gasteiger partial charge in [-0.2, -0.15) is 0 Å². The van der Waals surface area contributed by atoms with Gasteiger partial charge in [-0.25, -0.2) is 0 Å². The second kappa shape index (κ2) is 6.42. The predicted octanol–water partition coefficient (Wildman–Crippen LogP) is 0.701. The molecule has 16 heavy (non-hydrogen) atoms. The van der Waals surface area contributed by atoms with Gasteiger partial charge in [0, 0.05) is 13.2 Å². The Morgan fingerprint density at radius 1 is 1.50 bits per heavy atom. The summed E-state index contributed by atoms with van der Waals surface area (Å²) >= 11 is 0. The van der Waals surface area contributed by atoms with E-state index in [1.807, 2.05) is 6.92 Å². The van der Waals surface area contributed by atoms with Gasteiger partial charge in [0.05, 0.1) is 18.1 Å². The van der Waals surface area contributed by atoms with E-state index >= 15 is 0 Å². The molecule has 0 spiro atoms. The molecule has 94 valence electrons. The second-order valence-electron chi connectivity index (χ2n) is 4.54. The van der Waals surface area contributed by atoms with Crippen molar-refractivity contribution in [3.05, 3.63) is 0 Å². The van der Waals surface area contributed by atoms with Crippen molar-refractivity contribution in [3.8, 4) is 0 Å². The number of ether oxygens (including phenoxy) is 1. The largest absolute Gasteiger partial charge is 0.376 e. The number of carbonyl (C=O) groups is 1. The lowest BCUT2D eigenvalue weighted by molar-refractivity contribution is -0.125. The third kappa shape index (κ3) is 3.34. The molecule has 2 unspecified atom stereocenters. The molecule has 0 aromatic rings. The summed E-state index contributed by atoms with van der Waals surface area (Å²) in [5.74, 6) is 0.344. The molecular formula is C11H21ClN2O2. The van der Waals surface area contributed by atoms with Gasteiger partial charge in [0.2, 0.25) is 5.91 Å². The molecule has 2 N–H and O–H groups in total. The highest BCUT2D eigenvalue weighted by atomic mass is 35.5. The van der Waals surface area contributed by atoms with Crippen LogP contribution in [0.1, 0.15) is 26.2 Å². The van der Waals surface area contributed by atoms with Crippen LogP contribution in [0.25, 0.3) is 0 Å². The van der Waals surface area contributed by atoms with Crippen molar-refractivity contribution in [1.29, 1.82) is 0 Å². The van der Waals surface area contributed by atoms with Crippen molar-refractivity contribution in [2.24, 2.45) is 5.92 Å². The van der Waals surface area contributed by atoms with Gasteiger partial charge in [-0.1, -0.05) is 0 Å². The summed E-state index contributed by atoms with van der Waals surface area (Å²) in [7, 11) is 0. The first-order valence-electron chi connectivity index (χ1n) is 5.90. The summed E-state index contributed by atoms with van der Waals surface area (Å²) in [6.07, 6.45) is 3.38. The molecule has 2 saturated heterocycles. The molecule has 0 saturated carbocycles. The van der Waals surface area contributed by atoms with Gasteiger partial charge >= 0.3 is 0 Å². The topological polar surface area (TPSA) is 50.4 Å². The lowest BCUT2D eigenvalue weighted by Gasteiger charge is -2.21. The molecule has 3 atom stereocenters. The van der Waals surface area contributed by atoms with E-state index < -0.39 is 0 Å². The molecule has 0 aromatic carbocycles. The number of halogens is 1. The van der Waals surface area contributed by atoms with Crippen molar-refractivity contribution in [1.82, 2.24) is 10.6 Å². The first-order chi connectivity index (χ1) is 7.27. The third-order valence-corrected chi connectivity index (χ3v) is 3.32. The second-order valence-corrected chi connectivity index (χ2v) is 4.54. The number of carbonyl (C=O) groups excluding carboxylic acids is 1. The Bertz CT molecular complexity index is 226. The smallest absolute Gasteiger partial charge is 0.224 e. The Labute approximate surface area is 103 Å². The van der Waals surface area contributed by atoms with Crippen LogP contribution in [-0.4, -0.2) is 37.7 Å². The highest BCUT2D eigenvalue weighted by Gasteiger charge is 2.27. The molecule has 5 heteroatoms. The minimum absolute atomic E-state index is 0. The van der Waals surface area contributed by atoms with Crippen LogP contribution in [0.3, 0.4) is 0 Å². The molecule has 1 amide bonds. The zero-order chi connectivity index (χ0) is 10.7. The van der Waals surface area contributed by atoms with E-state index in [2.05, 4.69) is 10.6 Å². The van der Waals surface area contributed by atoms with Gasteiger partial charge in [0.25, 0.3) is 0 Å². The molecule has 0 aliphatic carbocycles. The van der Waals surface area contributed by atoms with Crippen molar-refractivity contribution < 1.29 is 9.53 Å². The summed E-state index contributed by atoms with van der Waals surface area (Å²) < 4.78 is 5.55. The average molecular weight is 249 g/mol. The van der Waals surface area contributed by atoms with E-state index in [9.17, 15) is 4.79 Å².